The molecule has 0 radical (unpaired) electrons. The molecule has 4 nitrogen and oxygen atoms in total. The Morgan fingerprint density at radius 3 is 2.38 bits per heavy atom. The van der Waals surface area contributed by atoms with Crippen LogP contribution in [0.2, 0.25) is 0 Å². The minimum atomic E-state index is -0.0253. The van der Waals surface area contributed by atoms with Crippen LogP contribution in [-0.4, -0.2) is 18.0 Å². The molecule has 0 aliphatic rings. The third-order valence-corrected chi connectivity index (χ3v) is 4.52. The Morgan fingerprint density at radius 1 is 1.08 bits per heavy atom. The number of rotatable bonds is 5. The van der Waals surface area contributed by atoms with Gasteiger partial charge in [0.15, 0.2) is 0 Å². The Kier molecular flexibility index (Phi) is 4.91. The number of nitrogens with zero attached hydrogens (tertiary/aromatic N) is 1. The number of benzene rings is 2. The van der Waals surface area contributed by atoms with E-state index in [-0.39, 0.29) is 5.91 Å². The molecule has 0 aliphatic heterocycles. The van der Waals surface area contributed by atoms with Crippen LogP contribution in [0.3, 0.4) is 0 Å². The van der Waals surface area contributed by atoms with Gasteiger partial charge in [-0.1, -0.05) is 24.3 Å². The second kappa shape index (κ2) is 7.27. The Balaban J connectivity index is 1.76. The fourth-order valence-electron chi connectivity index (χ4n) is 2.29. The van der Waals surface area contributed by atoms with Gasteiger partial charge in [0.25, 0.3) is 0 Å². The first kappa shape index (κ1) is 16.2. The zero-order chi connectivity index (χ0) is 16.9. The summed E-state index contributed by atoms with van der Waals surface area (Å²) >= 11 is 1.62. The number of ether oxygens (including phenoxy) is 1. The summed E-state index contributed by atoms with van der Waals surface area (Å²) in [6, 6.07) is 16.0. The van der Waals surface area contributed by atoms with Crippen molar-refractivity contribution in [3.63, 3.8) is 0 Å². The van der Waals surface area contributed by atoms with Gasteiger partial charge in [-0.2, -0.15) is 0 Å². The van der Waals surface area contributed by atoms with Crippen molar-refractivity contribution in [3.05, 3.63) is 59.5 Å². The van der Waals surface area contributed by atoms with E-state index in [1.807, 2.05) is 48.5 Å². The number of hydrogen-bond donors (Lipinski definition) is 1. The predicted octanol–water partition coefficient (Wildman–Crippen LogP) is 4.12. The number of amides is 1. The molecule has 3 aromatic rings. The molecule has 0 atom stereocenters. The van der Waals surface area contributed by atoms with E-state index >= 15 is 0 Å². The van der Waals surface area contributed by atoms with Crippen LogP contribution in [-0.2, 0) is 11.3 Å². The molecule has 0 spiro atoms. The highest BCUT2D eigenvalue weighted by Crippen LogP contribution is 2.30. The zero-order valence-electron chi connectivity index (χ0n) is 13.6. The third kappa shape index (κ3) is 3.81. The van der Waals surface area contributed by atoms with Crippen LogP contribution in [0.4, 0.5) is 0 Å². The first-order valence-corrected chi connectivity index (χ1v) is 8.47. The Labute approximate surface area is 145 Å². The molecule has 0 bridgehead atoms. The quantitative estimate of drug-likeness (QED) is 0.761. The number of carbonyl (C=O) groups excluding carboxylic acids is 1. The van der Waals surface area contributed by atoms with Crippen LogP contribution in [0.25, 0.3) is 21.8 Å². The minimum Gasteiger partial charge on any atom is -0.497 e. The summed E-state index contributed by atoms with van der Waals surface area (Å²) in [6.07, 6.45) is 0. The Morgan fingerprint density at radius 2 is 1.75 bits per heavy atom. The molecule has 0 saturated heterocycles. The van der Waals surface area contributed by atoms with Crippen molar-refractivity contribution in [3.8, 4) is 27.6 Å². The molecule has 2 aromatic carbocycles. The summed E-state index contributed by atoms with van der Waals surface area (Å²) < 4.78 is 5.18. The number of methoxy groups -OCH3 is 1. The van der Waals surface area contributed by atoms with E-state index < -0.39 is 0 Å². The molecule has 1 N–H and O–H groups in total. The predicted molar refractivity (Wildman–Crippen MR) is 97.1 cm³/mol. The van der Waals surface area contributed by atoms with Gasteiger partial charge < -0.3 is 10.1 Å². The lowest BCUT2D eigenvalue weighted by molar-refractivity contribution is -0.119. The fraction of sp³-hybridized carbons (Fsp3) is 0.158. The lowest BCUT2D eigenvalue weighted by Crippen LogP contribution is -2.18. The van der Waals surface area contributed by atoms with Crippen molar-refractivity contribution >= 4 is 17.2 Å². The van der Waals surface area contributed by atoms with Crippen LogP contribution in [0, 0.1) is 0 Å². The zero-order valence-corrected chi connectivity index (χ0v) is 14.4. The van der Waals surface area contributed by atoms with Crippen molar-refractivity contribution in [2.45, 2.75) is 13.5 Å². The summed E-state index contributed by atoms with van der Waals surface area (Å²) in [5.41, 5.74) is 4.17. The molecule has 0 fully saturated rings. The number of aromatic nitrogens is 1. The molecule has 122 valence electrons. The van der Waals surface area contributed by atoms with Crippen molar-refractivity contribution in [1.29, 1.82) is 0 Å². The lowest BCUT2D eigenvalue weighted by atomic mass is 10.1. The average molecular weight is 338 g/mol. The van der Waals surface area contributed by atoms with Gasteiger partial charge >= 0.3 is 0 Å². The molecular weight excluding hydrogens is 320 g/mol. The van der Waals surface area contributed by atoms with Gasteiger partial charge in [0.05, 0.1) is 12.8 Å². The van der Waals surface area contributed by atoms with Crippen LogP contribution >= 0.6 is 11.3 Å². The standard InChI is InChI=1S/C19H18N2O2S/c1-13(22)20-11-14-3-5-15(6-4-14)18-12-24-19(21-18)16-7-9-17(23-2)10-8-16/h3-10,12H,11H2,1-2H3,(H,20,22). The van der Waals surface area contributed by atoms with E-state index in [1.54, 1.807) is 18.4 Å². The molecule has 3 rings (SSSR count). The second-order valence-corrected chi connectivity index (χ2v) is 6.23. The smallest absolute Gasteiger partial charge is 0.217 e. The number of hydrogen-bond acceptors (Lipinski definition) is 4. The Hall–Kier alpha value is -2.66. The first-order chi connectivity index (χ1) is 11.7. The van der Waals surface area contributed by atoms with Gasteiger partial charge in [0, 0.05) is 30.0 Å². The maximum Gasteiger partial charge on any atom is 0.217 e. The van der Waals surface area contributed by atoms with Crippen LogP contribution in [0.1, 0.15) is 12.5 Å². The van der Waals surface area contributed by atoms with E-state index in [0.717, 1.165) is 33.1 Å². The van der Waals surface area contributed by atoms with Gasteiger partial charge in [0.2, 0.25) is 5.91 Å². The molecule has 1 amide bonds. The lowest BCUT2D eigenvalue weighted by Gasteiger charge is -2.03. The van der Waals surface area contributed by atoms with E-state index in [0.29, 0.717) is 6.54 Å². The highest BCUT2D eigenvalue weighted by atomic mass is 32.1. The van der Waals surface area contributed by atoms with Crippen LogP contribution in [0.15, 0.2) is 53.9 Å². The largest absolute Gasteiger partial charge is 0.497 e. The van der Waals surface area contributed by atoms with E-state index in [1.165, 1.54) is 6.92 Å². The topological polar surface area (TPSA) is 51.2 Å². The Bertz CT molecular complexity index is 823. The van der Waals surface area contributed by atoms with Crippen molar-refractivity contribution in [2.75, 3.05) is 7.11 Å². The first-order valence-electron chi connectivity index (χ1n) is 7.59. The molecule has 0 saturated carbocycles. The van der Waals surface area contributed by atoms with Crippen LogP contribution in [0.5, 0.6) is 5.75 Å². The minimum absolute atomic E-state index is 0.0253. The van der Waals surface area contributed by atoms with E-state index in [2.05, 4.69) is 10.7 Å². The summed E-state index contributed by atoms with van der Waals surface area (Å²) in [5.74, 6) is 0.813. The van der Waals surface area contributed by atoms with Crippen molar-refractivity contribution in [1.82, 2.24) is 10.3 Å². The highest BCUT2D eigenvalue weighted by Gasteiger charge is 2.07. The number of carbonyl (C=O) groups is 1. The maximum atomic E-state index is 11.0. The fourth-order valence-corrected chi connectivity index (χ4v) is 3.13. The number of thiazole rings is 1. The molecule has 5 heteroatoms. The van der Waals surface area contributed by atoms with Crippen molar-refractivity contribution < 1.29 is 9.53 Å². The highest BCUT2D eigenvalue weighted by molar-refractivity contribution is 7.13. The van der Waals surface area contributed by atoms with E-state index in [9.17, 15) is 4.79 Å². The van der Waals surface area contributed by atoms with Gasteiger partial charge in [-0.05, 0) is 29.8 Å². The molecular formula is C19H18N2O2S. The summed E-state index contributed by atoms with van der Waals surface area (Å²) in [4.78, 5) is 15.7. The summed E-state index contributed by atoms with van der Waals surface area (Å²) in [6.45, 7) is 2.06. The SMILES string of the molecule is COc1ccc(-c2nc(-c3ccc(CNC(C)=O)cc3)cs2)cc1. The molecule has 0 unspecified atom stereocenters. The van der Waals surface area contributed by atoms with Gasteiger partial charge in [-0.25, -0.2) is 4.98 Å². The maximum absolute atomic E-state index is 11.0. The molecule has 1 heterocycles. The van der Waals surface area contributed by atoms with Gasteiger partial charge in [-0.15, -0.1) is 11.3 Å². The monoisotopic (exact) mass is 338 g/mol. The second-order valence-electron chi connectivity index (χ2n) is 5.37. The van der Waals surface area contributed by atoms with Gasteiger partial charge in [-0.3, -0.25) is 4.79 Å². The van der Waals surface area contributed by atoms with Gasteiger partial charge in [0.1, 0.15) is 10.8 Å². The summed E-state index contributed by atoms with van der Waals surface area (Å²) in [5, 5.41) is 5.83. The number of nitrogens with one attached hydrogen (secondary N) is 1. The summed E-state index contributed by atoms with van der Waals surface area (Å²) in [7, 11) is 1.66. The van der Waals surface area contributed by atoms with Crippen molar-refractivity contribution in [2.24, 2.45) is 0 Å². The van der Waals surface area contributed by atoms with E-state index in [4.69, 9.17) is 9.72 Å². The average Bonchev–Trinajstić information content (AvgIpc) is 3.10. The molecule has 1 aromatic heterocycles. The normalized spacial score (nSPS) is 10.4. The third-order valence-electron chi connectivity index (χ3n) is 3.63. The van der Waals surface area contributed by atoms with Crippen LogP contribution < -0.4 is 10.1 Å². The molecule has 24 heavy (non-hydrogen) atoms. The molecule has 0 aliphatic carbocycles.